The van der Waals surface area contributed by atoms with Crippen molar-refractivity contribution in [2.75, 3.05) is 46.3 Å². The second kappa shape index (κ2) is 11.9. The number of hydrogen-bond donors (Lipinski definition) is 0. The molecule has 0 radical (unpaired) electrons. The maximum absolute atomic E-state index is 13.9. The molecule has 0 N–H and O–H groups in total. The molecule has 0 aliphatic carbocycles. The Morgan fingerprint density at radius 2 is 1.60 bits per heavy atom. The lowest BCUT2D eigenvalue weighted by Gasteiger charge is -2.45. The van der Waals surface area contributed by atoms with Crippen LogP contribution in [0.3, 0.4) is 0 Å². The zero-order valence-corrected chi connectivity index (χ0v) is 21.5. The van der Waals surface area contributed by atoms with Crippen LogP contribution in [0.25, 0.3) is 0 Å². The minimum absolute atomic E-state index is 0.0850. The molecule has 0 spiro atoms. The van der Waals surface area contributed by atoms with Crippen molar-refractivity contribution >= 4 is 11.8 Å². The van der Waals surface area contributed by atoms with Gasteiger partial charge >= 0.3 is 0 Å². The van der Waals surface area contributed by atoms with Crippen LogP contribution in [0.2, 0.25) is 0 Å². The molecule has 2 aromatic rings. The Morgan fingerprint density at radius 3 is 2.26 bits per heavy atom. The lowest BCUT2D eigenvalue weighted by molar-refractivity contribution is -0.141. The minimum atomic E-state index is -0.392. The zero-order chi connectivity index (χ0) is 24.7. The summed E-state index contributed by atoms with van der Waals surface area (Å²) < 4.78 is 0. The van der Waals surface area contributed by atoms with Crippen LogP contribution in [0.4, 0.5) is 0 Å². The molecule has 0 saturated carbocycles. The zero-order valence-electron chi connectivity index (χ0n) is 21.5. The van der Waals surface area contributed by atoms with Crippen molar-refractivity contribution in [3.63, 3.8) is 0 Å². The molecule has 2 aliphatic rings. The first-order valence-electron chi connectivity index (χ1n) is 13.4. The predicted molar refractivity (Wildman–Crippen MR) is 141 cm³/mol. The lowest BCUT2D eigenvalue weighted by atomic mass is 9.71. The number of nitrogens with zero attached hydrogens (tertiary/aromatic N) is 3. The van der Waals surface area contributed by atoms with E-state index in [2.05, 4.69) is 41.0 Å². The largest absolute Gasteiger partial charge is 0.342 e. The SMILES string of the molecule is CC1CCCN(C(=O)C2(c3ccccc3)CCN(CCCCN(C)C(=O)c3ccccc3)CC2)C1. The van der Waals surface area contributed by atoms with Gasteiger partial charge in [0.2, 0.25) is 5.91 Å². The summed E-state index contributed by atoms with van der Waals surface area (Å²) in [6, 6.07) is 20.0. The van der Waals surface area contributed by atoms with Crippen LogP contribution >= 0.6 is 0 Å². The molecule has 35 heavy (non-hydrogen) atoms. The Morgan fingerprint density at radius 1 is 0.943 bits per heavy atom. The summed E-state index contributed by atoms with van der Waals surface area (Å²) in [6.07, 6.45) is 6.15. The van der Waals surface area contributed by atoms with E-state index in [0.29, 0.717) is 11.8 Å². The van der Waals surface area contributed by atoms with E-state index >= 15 is 0 Å². The third-order valence-electron chi connectivity index (χ3n) is 7.97. The van der Waals surface area contributed by atoms with Crippen LogP contribution in [0.1, 0.15) is 61.4 Å². The molecular formula is C30H41N3O2. The number of likely N-dealkylation sites (tertiary alicyclic amines) is 2. The van der Waals surface area contributed by atoms with Crippen LogP contribution in [-0.2, 0) is 10.2 Å². The quantitative estimate of drug-likeness (QED) is 0.514. The molecule has 2 heterocycles. The van der Waals surface area contributed by atoms with Gasteiger partial charge < -0.3 is 14.7 Å². The van der Waals surface area contributed by atoms with Gasteiger partial charge in [-0.15, -0.1) is 0 Å². The Kier molecular flexibility index (Phi) is 8.61. The van der Waals surface area contributed by atoms with Gasteiger partial charge in [-0.2, -0.15) is 0 Å². The molecule has 1 unspecified atom stereocenters. The number of hydrogen-bond acceptors (Lipinski definition) is 3. The van der Waals surface area contributed by atoms with Gasteiger partial charge in [-0.1, -0.05) is 55.5 Å². The smallest absolute Gasteiger partial charge is 0.253 e. The standard InChI is InChI=1S/C30H41N3O2/c1-25-12-11-21-33(24-25)29(35)30(27-15-7-4-8-16-27)17-22-32(23-18-30)20-10-9-19-31(2)28(34)26-13-5-3-6-14-26/h3-8,13-16,25H,9-12,17-24H2,1-2H3. The first kappa shape index (κ1) is 25.4. The molecule has 2 fully saturated rings. The van der Waals surface area contributed by atoms with Gasteiger partial charge in [0, 0.05) is 32.2 Å². The lowest BCUT2D eigenvalue weighted by Crippen LogP contribution is -2.54. The molecule has 2 aliphatic heterocycles. The summed E-state index contributed by atoms with van der Waals surface area (Å²) in [5, 5.41) is 0. The van der Waals surface area contributed by atoms with Crippen molar-refractivity contribution in [2.45, 2.75) is 50.9 Å². The van der Waals surface area contributed by atoms with Crippen LogP contribution in [-0.4, -0.2) is 72.8 Å². The fourth-order valence-corrected chi connectivity index (χ4v) is 5.81. The van der Waals surface area contributed by atoms with Gasteiger partial charge in [0.15, 0.2) is 0 Å². The predicted octanol–water partition coefficient (Wildman–Crippen LogP) is 4.83. The second-order valence-electron chi connectivity index (χ2n) is 10.6. The van der Waals surface area contributed by atoms with E-state index < -0.39 is 5.41 Å². The first-order chi connectivity index (χ1) is 17.0. The molecule has 0 aromatic heterocycles. The maximum atomic E-state index is 13.9. The van der Waals surface area contributed by atoms with Crippen LogP contribution in [0.5, 0.6) is 0 Å². The van der Waals surface area contributed by atoms with Gasteiger partial charge in [-0.3, -0.25) is 9.59 Å². The Hall–Kier alpha value is -2.66. The summed E-state index contributed by atoms with van der Waals surface area (Å²) in [6.45, 7) is 7.74. The van der Waals surface area contributed by atoms with E-state index in [1.807, 2.05) is 48.3 Å². The van der Waals surface area contributed by atoms with Gasteiger partial charge in [0.05, 0.1) is 5.41 Å². The van der Waals surface area contributed by atoms with Gasteiger partial charge in [-0.25, -0.2) is 0 Å². The number of piperidine rings is 2. The molecule has 5 nitrogen and oxygen atoms in total. The van der Waals surface area contributed by atoms with Crippen molar-refractivity contribution in [1.82, 2.24) is 14.7 Å². The molecule has 4 rings (SSSR count). The summed E-state index contributed by atoms with van der Waals surface area (Å²) in [5.41, 5.74) is 1.54. The fraction of sp³-hybridized carbons (Fsp3) is 0.533. The van der Waals surface area contributed by atoms with Crippen LogP contribution in [0, 0.1) is 5.92 Å². The number of benzene rings is 2. The van der Waals surface area contributed by atoms with E-state index in [9.17, 15) is 9.59 Å². The number of carbonyl (C=O) groups excluding carboxylic acids is 2. The first-order valence-corrected chi connectivity index (χ1v) is 13.4. The molecule has 2 amide bonds. The van der Waals surface area contributed by atoms with Crippen LogP contribution < -0.4 is 0 Å². The average Bonchev–Trinajstić information content (AvgIpc) is 2.91. The molecular weight excluding hydrogens is 434 g/mol. The average molecular weight is 476 g/mol. The molecule has 5 heteroatoms. The normalized spacial score (nSPS) is 20.4. The Balaban J connectivity index is 1.30. The number of carbonyl (C=O) groups is 2. The highest BCUT2D eigenvalue weighted by Gasteiger charge is 2.45. The van der Waals surface area contributed by atoms with Crippen molar-refractivity contribution in [3.8, 4) is 0 Å². The highest BCUT2D eigenvalue weighted by Crippen LogP contribution is 2.38. The van der Waals surface area contributed by atoms with E-state index in [1.54, 1.807) is 0 Å². The van der Waals surface area contributed by atoms with Crippen molar-refractivity contribution in [1.29, 1.82) is 0 Å². The van der Waals surface area contributed by atoms with E-state index in [0.717, 1.165) is 76.9 Å². The van der Waals surface area contributed by atoms with Gasteiger partial charge in [-0.05, 0) is 81.8 Å². The number of rotatable bonds is 8. The molecule has 2 saturated heterocycles. The van der Waals surface area contributed by atoms with Crippen molar-refractivity contribution in [3.05, 3.63) is 71.8 Å². The topological polar surface area (TPSA) is 43.9 Å². The number of unbranched alkanes of at least 4 members (excludes halogenated alkanes) is 1. The Labute approximate surface area is 211 Å². The second-order valence-corrected chi connectivity index (χ2v) is 10.6. The summed E-state index contributed by atoms with van der Waals surface area (Å²) >= 11 is 0. The van der Waals surface area contributed by atoms with Gasteiger partial charge in [0.1, 0.15) is 0 Å². The minimum Gasteiger partial charge on any atom is -0.342 e. The third-order valence-corrected chi connectivity index (χ3v) is 7.97. The molecule has 1 atom stereocenters. The summed E-state index contributed by atoms with van der Waals surface area (Å²) in [4.78, 5) is 32.9. The highest BCUT2D eigenvalue weighted by molar-refractivity contribution is 5.94. The third kappa shape index (κ3) is 6.13. The summed E-state index contributed by atoms with van der Waals surface area (Å²) in [7, 11) is 1.89. The summed E-state index contributed by atoms with van der Waals surface area (Å²) in [5.74, 6) is 1.02. The van der Waals surface area contributed by atoms with Crippen molar-refractivity contribution in [2.24, 2.45) is 5.92 Å². The molecule has 2 aromatic carbocycles. The fourth-order valence-electron chi connectivity index (χ4n) is 5.81. The monoisotopic (exact) mass is 475 g/mol. The van der Waals surface area contributed by atoms with E-state index in [1.165, 1.54) is 12.0 Å². The maximum Gasteiger partial charge on any atom is 0.253 e. The highest BCUT2D eigenvalue weighted by atomic mass is 16.2. The Bertz CT molecular complexity index is 954. The van der Waals surface area contributed by atoms with Crippen LogP contribution in [0.15, 0.2) is 60.7 Å². The molecule has 0 bridgehead atoms. The van der Waals surface area contributed by atoms with Crippen molar-refractivity contribution < 1.29 is 9.59 Å². The van der Waals surface area contributed by atoms with E-state index in [4.69, 9.17) is 0 Å². The van der Waals surface area contributed by atoms with E-state index in [-0.39, 0.29) is 5.91 Å². The number of amides is 2. The molecule has 188 valence electrons. The van der Waals surface area contributed by atoms with Gasteiger partial charge in [0.25, 0.3) is 5.91 Å².